The number of carbonyl (C=O) groups is 3. The number of nitrogens with one attached hydrogen (secondary N) is 1. The molecule has 2 aliphatic heterocycles. The number of benzene rings is 1. The van der Waals surface area contributed by atoms with Crippen LogP contribution in [-0.2, 0) is 19.6 Å². The van der Waals surface area contributed by atoms with Crippen molar-refractivity contribution in [1.82, 2.24) is 24.3 Å². The summed E-state index contributed by atoms with van der Waals surface area (Å²) in [4.78, 5) is 41.9. The normalized spacial score (nSPS) is 18.9. The number of rotatable bonds is 5. The van der Waals surface area contributed by atoms with Crippen LogP contribution < -0.4 is 5.32 Å². The molecule has 0 aromatic heterocycles. The minimum Gasteiger partial charge on any atom is -0.354 e. The van der Waals surface area contributed by atoms with Crippen LogP contribution in [0.4, 0.5) is 0 Å². The van der Waals surface area contributed by atoms with E-state index in [-0.39, 0.29) is 42.3 Å². The second kappa shape index (κ2) is 9.75. The number of sulfonamides is 1. The van der Waals surface area contributed by atoms with E-state index in [0.29, 0.717) is 31.7 Å². The Morgan fingerprint density at radius 1 is 1.10 bits per heavy atom. The molecule has 3 rings (SSSR count). The van der Waals surface area contributed by atoms with E-state index in [0.717, 1.165) is 17.3 Å². The fraction of sp³-hybridized carbons (Fsp3) is 0.550. The minimum absolute atomic E-state index is 0.000998. The van der Waals surface area contributed by atoms with Crippen molar-refractivity contribution in [2.24, 2.45) is 0 Å². The Morgan fingerprint density at radius 3 is 2.58 bits per heavy atom. The van der Waals surface area contributed by atoms with Crippen molar-refractivity contribution in [2.45, 2.75) is 11.3 Å². The van der Waals surface area contributed by atoms with Crippen LogP contribution in [0.1, 0.15) is 16.8 Å². The Labute approximate surface area is 182 Å². The summed E-state index contributed by atoms with van der Waals surface area (Å²) in [6.45, 7) is 2.83. The molecular formula is C20H29N5O5S. The standard InChI is InChI=1S/C20H29N5O5S/c1-22(2)19(27)15-23-8-4-9-24(12-11-23)20(28)16-5-3-6-17(13-16)31(29,30)25-10-7-21-18(26)14-25/h3,5-6,13H,4,7-12,14-15H2,1-2H3,(H,21,26). The van der Waals surface area contributed by atoms with Crippen LogP contribution in [0.2, 0.25) is 0 Å². The van der Waals surface area contributed by atoms with Crippen molar-refractivity contribution in [3.8, 4) is 0 Å². The highest BCUT2D eigenvalue weighted by atomic mass is 32.2. The lowest BCUT2D eigenvalue weighted by molar-refractivity contribution is -0.129. The molecule has 0 radical (unpaired) electrons. The van der Waals surface area contributed by atoms with Crippen molar-refractivity contribution in [3.05, 3.63) is 29.8 Å². The van der Waals surface area contributed by atoms with E-state index in [9.17, 15) is 22.8 Å². The molecule has 0 atom stereocenters. The van der Waals surface area contributed by atoms with Gasteiger partial charge in [-0.05, 0) is 24.6 Å². The topological polar surface area (TPSA) is 110 Å². The number of piperazine rings is 1. The van der Waals surface area contributed by atoms with E-state index in [2.05, 4.69) is 5.32 Å². The Morgan fingerprint density at radius 2 is 1.87 bits per heavy atom. The molecule has 1 aromatic carbocycles. The fourth-order valence-corrected chi connectivity index (χ4v) is 5.05. The molecule has 10 nitrogen and oxygen atoms in total. The maximum atomic E-state index is 13.1. The Hall–Kier alpha value is -2.50. The van der Waals surface area contributed by atoms with Crippen molar-refractivity contribution >= 4 is 27.7 Å². The molecule has 1 N–H and O–H groups in total. The van der Waals surface area contributed by atoms with Crippen molar-refractivity contribution in [1.29, 1.82) is 0 Å². The highest BCUT2D eigenvalue weighted by molar-refractivity contribution is 7.89. The molecule has 2 heterocycles. The first-order chi connectivity index (χ1) is 14.7. The number of hydrogen-bond donors (Lipinski definition) is 1. The van der Waals surface area contributed by atoms with Gasteiger partial charge >= 0.3 is 0 Å². The molecule has 2 saturated heterocycles. The zero-order valence-electron chi connectivity index (χ0n) is 17.9. The number of likely N-dealkylation sites (N-methyl/N-ethyl adjacent to an activating group) is 1. The van der Waals surface area contributed by atoms with Crippen LogP contribution in [0.25, 0.3) is 0 Å². The lowest BCUT2D eigenvalue weighted by Crippen LogP contribution is -2.49. The summed E-state index contributed by atoms with van der Waals surface area (Å²) in [5.41, 5.74) is 0.292. The second-order valence-corrected chi connectivity index (χ2v) is 9.86. The summed E-state index contributed by atoms with van der Waals surface area (Å²) in [7, 11) is -0.437. The summed E-state index contributed by atoms with van der Waals surface area (Å²) < 4.78 is 27.0. The van der Waals surface area contributed by atoms with Gasteiger partial charge in [-0.1, -0.05) is 6.07 Å². The molecule has 31 heavy (non-hydrogen) atoms. The van der Waals surface area contributed by atoms with E-state index in [1.807, 2.05) is 4.90 Å². The number of hydrogen-bond acceptors (Lipinski definition) is 6. The monoisotopic (exact) mass is 451 g/mol. The predicted molar refractivity (Wildman–Crippen MR) is 114 cm³/mol. The van der Waals surface area contributed by atoms with Gasteiger partial charge in [0.25, 0.3) is 5.91 Å². The summed E-state index contributed by atoms with van der Waals surface area (Å²) in [6, 6.07) is 5.96. The third kappa shape index (κ3) is 5.60. The van der Waals surface area contributed by atoms with Gasteiger partial charge in [0.2, 0.25) is 21.8 Å². The zero-order valence-corrected chi connectivity index (χ0v) is 18.7. The van der Waals surface area contributed by atoms with E-state index < -0.39 is 10.0 Å². The molecule has 0 unspecified atom stereocenters. The predicted octanol–water partition coefficient (Wildman–Crippen LogP) is -0.957. The third-order valence-corrected chi connectivity index (χ3v) is 7.30. The molecule has 170 valence electrons. The molecule has 0 bridgehead atoms. The van der Waals surface area contributed by atoms with Crippen LogP contribution in [0.5, 0.6) is 0 Å². The van der Waals surface area contributed by atoms with Crippen LogP contribution >= 0.6 is 0 Å². The first-order valence-electron chi connectivity index (χ1n) is 10.3. The lowest BCUT2D eigenvalue weighted by Gasteiger charge is -2.26. The average molecular weight is 452 g/mol. The summed E-state index contributed by atoms with van der Waals surface area (Å²) in [5.74, 6) is -0.567. The van der Waals surface area contributed by atoms with Crippen LogP contribution in [-0.4, -0.2) is 112 Å². The average Bonchev–Trinajstić information content (AvgIpc) is 2.98. The maximum absolute atomic E-state index is 13.1. The molecule has 11 heteroatoms. The van der Waals surface area contributed by atoms with Gasteiger partial charge in [-0.2, -0.15) is 4.31 Å². The molecular weight excluding hydrogens is 422 g/mol. The summed E-state index contributed by atoms with van der Waals surface area (Å²) in [6.07, 6.45) is 0.729. The molecule has 2 fully saturated rings. The Kier molecular flexibility index (Phi) is 7.29. The second-order valence-electron chi connectivity index (χ2n) is 7.93. The zero-order chi connectivity index (χ0) is 22.6. The number of nitrogens with zero attached hydrogens (tertiary/aromatic N) is 4. The quantitative estimate of drug-likeness (QED) is 0.618. The highest BCUT2D eigenvalue weighted by Gasteiger charge is 2.30. The van der Waals surface area contributed by atoms with Gasteiger partial charge in [0.05, 0.1) is 18.0 Å². The SMILES string of the molecule is CN(C)C(=O)CN1CCCN(C(=O)c2cccc(S(=O)(=O)N3CCNC(=O)C3)c2)CC1. The highest BCUT2D eigenvalue weighted by Crippen LogP contribution is 2.19. The number of amides is 3. The van der Waals surface area contributed by atoms with Crippen LogP contribution in [0, 0.1) is 0 Å². The Balaban J connectivity index is 1.70. The van der Waals surface area contributed by atoms with Gasteiger partial charge in [0, 0.05) is 58.9 Å². The molecule has 2 aliphatic rings. The third-order valence-electron chi connectivity index (χ3n) is 5.46. The van der Waals surface area contributed by atoms with E-state index in [4.69, 9.17) is 0 Å². The first-order valence-corrected chi connectivity index (χ1v) is 11.7. The van der Waals surface area contributed by atoms with E-state index in [1.54, 1.807) is 36.0 Å². The lowest BCUT2D eigenvalue weighted by atomic mass is 10.2. The summed E-state index contributed by atoms with van der Waals surface area (Å²) >= 11 is 0. The van der Waals surface area contributed by atoms with Gasteiger partial charge in [-0.15, -0.1) is 0 Å². The van der Waals surface area contributed by atoms with Gasteiger partial charge in [-0.3, -0.25) is 19.3 Å². The maximum Gasteiger partial charge on any atom is 0.253 e. The van der Waals surface area contributed by atoms with Crippen molar-refractivity contribution < 1.29 is 22.8 Å². The minimum atomic E-state index is -3.87. The van der Waals surface area contributed by atoms with Gasteiger partial charge in [-0.25, -0.2) is 8.42 Å². The molecule has 0 spiro atoms. The summed E-state index contributed by atoms with van der Waals surface area (Å²) in [5, 5.41) is 2.60. The first kappa shape index (κ1) is 23.2. The molecule has 0 saturated carbocycles. The van der Waals surface area contributed by atoms with Gasteiger partial charge in [0.1, 0.15) is 0 Å². The van der Waals surface area contributed by atoms with Crippen molar-refractivity contribution in [2.75, 3.05) is 66.5 Å². The largest absolute Gasteiger partial charge is 0.354 e. The van der Waals surface area contributed by atoms with E-state index in [1.165, 1.54) is 12.1 Å². The van der Waals surface area contributed by atoms with Crippen LogP contribution in [0.15, 0.2) is 29.2 Å². The molecule has 3 amide bonds. The van der Waals surface area contributed by atoms with Gasteiger partial charge in [0.15, 0.2) is 0 Å². The van der Waals surface area contributed by atoms with E-state index >= 15 is 0 Å². The van der Waals surface area contributed by atoms with Crippen molar-refractivity contribution in [3.63, 3.8) is 0 Å². The molecule has 1 aromatic rings. The van der Waals surface area contributed by atoms with Gasteiger partial charge < -0.3 is 15.1 Å². The molecule has 0 aliphatic carbocycles. The van der Waals surface area contributed by atoms with Crippen LogP contribution in [0.3, 0.4) is 0 Å². The number of carbonyl (C=O) groups excluding carboxylic acids is 3. The Bertz CT molecular complexity index is 949. The fourth-order valence-electron chi connectivity index (χ4n) is 3.61. The smallest absolute Gasteiger partial charge is 0.253 e.